The maximum absolute atomic E-state index is 12.5. The van der Waals surface area contributed by atoms with E-state index >= 15 is 0 Å². The molecule has 0 saturated carbocycles. The van der Waals surface area contributed by atoms with E-state index in [0.29, 0.717) is 16.8 Å². The van der Waals surface area contributed by atoms with Gasteiger partial charge in [-0.25, -0.2) is 13.1 Å². The highest BCUT2D eigenvalue weighted by atomic mass is 79.9. The number of nitrogens with zero attached hydrogens (tertiary/aromatic N) is 2. The molecule has 134 valence electrons. The van der Waals surface area contributed by atoms with Crippen LogP contribution in [0, 0.1) is 0 Å². The number of carbonyl (C=O) groups is 1. The summed E-state index contributed by atoms with van der Waals surface area (Å²) in [5, 5.41) is 7.10. The summed E-state index contributed by atoms with van der Waals surface area (Å²) in [6.07, 6.45) is 4.64. The van der Waals surface area contributed by atoms with Crippen LogP contribution in [0.25, 0.3) is 5.69 Å². The van der Waals surface area contributed by atoms with Gasteiger partial charge in [0.1, 0.15) is 0 Å². The maximum Gasteiger partial charge on any atom is 0.255 e. The zero-order chi connectivity index (χ0) is 18.7. The Labute approximate surface area is 159 Å². The van der Waals surface area contributed by atoms with Crippen LogP contribution in [0.3, 0.4) is 0 Å². The van der Waals surface area contributed by atoms with Crippen molar-refractivity contribution in [3.8, 4) is 5.69 Å². The number of nitrogens with one attached hydrogen (secondary N) is 1. The molecule has 0 aliphatic rings. The molecule has 0 unspecified atom stereocenters. The van der Waals surface area contributed by atoms with Gasteiger partial charge in [0.15, 0.2) is 9.84 Å². The molecule has 0 fully saturated rings. The molecule has 1 heterocycles. The minimum absolute atomic E-state index is 0.0497. The number of anilines is 1. The van der Waals surface area contributed by atoms with Crippen molar-refractivity contribution in [2.45, 2.75) is 5.75 Å². The number of hydrogen-bond donors (Lipinski definition) is 1. The molecule has 2 aromatic carbocycles. The summed E-state index contributed by atoms with van der Waals surface area (Å²) in [7, 11) is -3.11. The Morgan fingerprint density at radius 1 is 1.15 bits per heavy atom. The molecule has 0 atom stereocenters. The van der Waals surface area contributed by atoms with Gasteiger partial charge >= 0.3 is 0 Å². The number of para-hydroxylation sites is 2. The van der Waals surface area contributed by atoms with Crippen molar-refractivity contribution in [1.29, 1.82) is 0 Å². The van der Waals surface area contributed by atoms with Gasteiger partial charge in [0.2, 0.25) is 0 Å². The van der Waals surface area contributed by atoms with E-state index in [1.165, 1.54) is 6.26 Å². The van der Waals surface area contributed by atoms with E-state index < -0.39 is 9.84 Å². The fourth-order valence-corrected chi connectivity index (χ4v) is 3.54. The lowest BCUT2D eigenvalue weighted by atomic mass is 10.1. The molecule has 0 bridgehead atoms. The first kappa shape index (κ1) is 18.3. The highest BCUT2D eigenvalue weighted by Crippen LogP contribution is 2.22. The number of benzene rings is 2. The number of sulfone groups is 1. The SMILES string of the molecule is CS(=O)(=O)Cc1ccc(C(=O)Nc2ccccc2-n2cc(Br)cn2)cc1. The van der Waals surface area contributed by atoms with E-state index in [1.807, 2.05) is 18.2 Å². The zero-order valence-electron chi connectivity index (χ0n) is 13.9. The number of rotatable bonds is 5. The first-order valence-corrected chi connectivity index (χ1v) is 10.5. The van der Waals surface area contributed by atoms with E-state index in [2.05, 4.69) is 26.3 Å². The molecule has 0 aliphatic heterocycles. The summed E-state index contributed by atoms with van der Waals surface area (Å²) < 4.78 is 25.2. The van der Waals surface area contributed by atoms with Crippen LogP contribution in [-0.2, 0) is 15.6 Å². The second-order valence-electron chi connectivity index (χ2n) is 5.84. The molecule has 3 rings (SSSR count). The van der Waals surface area contributed by atoms with Crippen LogP contribution in [0.4, 0.5) is 5.69 Å². The molecule has 3 aromatic rings. The van der Waals surface area contributed by atoms with Crippen LogP contribution in [-0.4, -0.2) is 30.4 Å². The van der Waals surface area contributed by atoms with Gasteiger partial charge in [-0.05, 0) is 45.8 Å². The summed E-state index contributed by atoms with van der Waals surface area (Å²) in [4.78, 5) is 12.5. The van der Waals surface area contributed by atoms with Gasteiger partial charge in [0, 0.05) is 18.0 Å². The van der Waals surface area contributed by atoms with E-state index in [9.17, 15) is 13.2 Å². The fraction of sp³-hybridized carbons (Fsp3) is 0.111. The zero-order valence-corrected chi connectivity index (χ0v) is 16.3. The molecular weight excluding hydrogens is 418 g/mol. The Morgan fingerprint density at radius 2 is 1.85 bits per heavy atom. The number of hydrogen-bond acceptors (Lipinski definition) is 4. The van der Waals surface area contributed by atoms with Crippen LogP contribution in [0.1, 0.15) is 15.9 Å². The van der Waals surface area contributed by atoms with Crippen molar-refractivity contribution in [3.05, 3.63) is 76.5 Å². The van der Waals surface area contributed by atoms with E-state index in [0.717, 1.165) is 10.2 Å². The predicted octanol–water partition coefficient (Wildman–Crippen LogP) is 3.43. The summed E-state index contributed by atoms with van der Waals surface area (Å²) in [5.41, 5.74) is 2.44. The minimum atomic E-state index is -3.11. The Hall–Kier alpha value is -2.45. The normalized spacial score (nSPS) is 11.3. The Morgan fingerprint density at radius 3 is 2.46 bits per heavy atom. The monoisotopic (exact) mass is 433 g/mol. The molecule has 8 heteroatoms. The van der Waals surface area contributed by atoms with Crippen molar-refractivity contribution < 1.29 is 13.2 Å². The average Bonchev–Trinajstić information content (AvgIpc) is 3.01. The second-order valence-corrected chi connectivity index (χ2v) is 8.90. The number of amides is 1. The second kappa shape index (κ2) is 7.43. The predicted molar refractivity (Wildman–Crippen MR) is 104 cm³/mol. The van der Waals surface area contributed by atoms with Crippen molar-refractivity contribution in [2.75, 3.05) is 11.6 Å². The summed E-state index contributed by atoms with van der Waals surface area (Å²) in [5.74, 6) is -0.332. The molecule has 0 radical (unpaired) electrons. The first-order chi connectivity index (χ1) is 12.3. The lowest BCUT2D eigenvalue weighted by Crippen LogP contribution is -2.14. The molecule has 26 heavy (non-hydrogen) atoms. The maximum atomic E-state index is 12.5. The topological polar surface area (TPSA) is 81.1 Å². The molecule has 1 aromatic heterocycles. The largest absolute Gasteiger partial charge is 0.320 e. The van der Waals surface area contributed by atoms with Crippen LogP contribution in [0.2, 0.25) is 0 Å². The van der Waals surface area contributed by atoms with Gasteiger partial charge in [0.25, 0.3) is 5.91 Å². The van der Waals surface area contributed by atoms with Crippen LogP contribution in [0.5, 0.6) is 0 Å². The van der Waals surface area contributed by atoms with Gasteiger partial charge in [0.05, 0.1) is 27.8 Å². The van der Waals surface area contributed by atoms with Gasteiger partial charge in [-0.2, -0.15) is 5.10 Å². The third kappa shape index (κ3) is 4.59. The van der Waals surface area contributed by atoms with Crippen LogP contribution in [0.15, 0.2) is 65.4 Å². The summed E-state index contributed by atoms with van der Waals surface area (Å²) in [6, 6.07) is 13.9. The molecule has 0 aliphatic carbocycles. The highest BCUT2D eigenvalue weighted by Gasteiger charge is 2.12. The molecule has 0 saturated heterocycles. The molecule has 0 spiro atoms. The molecule has 1 N–H and O–H groups in total. The minimum Gasteiger partial charge on any atom is -0.320 e. The first-order valence-electron chi connectivity index (χ1n) is 7.69. The van der Waals surface area contributed by atoms with Crippen molar-refractivity contribution in [2.24, 2.45) is 0 Å². The lowest BCUT2D eigenvalue weighted by molar-refractivity contribution is 0.102. The highest BCUT2D eigenvalue weighted by molar-refractivity contribution is 9.10. The third-order valence-corrected chi connectivity index (χ3v) is 4.86. The van der Waals surface area contributed by atoms with E-state index in [1.54, 1.807) is 47.4 Å². The fourth-order valence-electron chi connectivity index (χ4n) is 2.46. The summed E-state index contributed by atoms with van der Waals surface area (Å²) >= 11 is 3.36. The Balaban J connectivity index is 1.80. The van der Waals surface area contributed by atoms with Crippen molar-refractivity contribution >= 4 is 37.4 Å². The quantitative estimate of drug-likeness (QED) is 0.667. The molecule has 1 amide bonds. The van der Waals surface area contributed by atoms with Crippen LogP contribution >= 0.6 is 15.9 Å². The van der Waals surface area contributed by atoms with E-state index in [-0.39, 0.29) is 11.7 Å². The molecule has 6 nitrogen and oxygen atoms in total. The number of carbonyl (C=O) groups excluding carboxylic acids is 1. The number of aromatic nitrogens is 2. The number of halogens is 1. The van der Waals surface area contributed by atoms with Crippen molar-refractivity contribution in [1.82, 2.24) is 9.78 Å². The lowest BCUT2D eigenvalue weighted by Gasteiger charge is -2.11. The van der Waals surface area contributed by atoms with Gasteiger partial charge in [-0.1, -0.05) is 24.3 Å². The van der Waals surface area contributed by atoms with Crippen LogP contribution < -0.4 is 5.32 Å². The van der Waals surface area contributed by atoms with Gasteiger partial charge < -0.3 is 5.32 Å². The molecular formula is C18H16BrN3O3S. The average molecular weight is 434 g/mol. The van der Waals surface area contributed by atoms with Gasteiger partial charge in [-0.15, -0.1) is 0 Å². The van der Waals surface area contributed by atoms with Gasteiger partial charge in [-0.3, -0.25) is 4.79 Å². The van der Waals surface area contributed by atoms with Crippen molar-refractivity contribution in [3.63, 3.8) is 0 Å². The Bertz CT molecular complexity index is 1040. The van der Waals surface area contributed by atoms with E-state index in [4.69, 9.17) is 0 Å². The standard InChI is InChI=1S/C18H16BrN3O3S/c1-26(24,25)12-13-6-8-14(9-7-13)18(23)21-16-4-2-3-5-17(16)22-11-15(19)10-20-22/h2-11H,12H2,1H3,(H,21,23). The smallest absolute Gasteiger partial charge is 0.255 e. The third-order valence-electron chi connectivity index (χ3n) is 3.60. The summed E-state index contributed by atoms with van der Waals surface area (Å²) in [6.45, 7) is 0. The Kier molecular flexibility index (Phi) is 5.24.